The van der Waals surface area contributed by atoms with Crippen molar-refractivity contribution in [3.8, 4) is 16.9 Å². The van der Waals surface area contributed by atoms with Gasteiger partial charge in [-0.15, -0.1) is 0 Å². The summed E-state index contributed by atoms with van der Waals surface area (Å²) in [6, 6.07) is 26.8. The summed E-state index contributed by atoms with van der Waals surface area (Å²) in [6.07, 6.45) is 1.22. The fourth-order valence-electron chi connectivity index (χ4n) is 5.13. The minimum Gasteiger partial charge on any atom is -0.508 e. The van der Waals surface area contributed by atoms with E-state index in [1.807, 2.05) is 42.5 Å². The number of aromatic hydroxyl groups is 1. The van der Waals surface area contributed by atoms with E-state index in [1.165, 1.54) is 24.3 Å². The molecule has 10 heteroatoms. The van der Waals surface area contributed by atoms with Crippen molar-refractivity contribution in [3.05, 3.63) is 114 Å². The van der Waals surface area contributed by atoms with Gasteiger partial charge in [-0.3, -0.25) is 4.57 Å². The van der Waals surface area contributed by atoms with Gasteiger partial charge in [0.25, 0.3) is 0 Å². The molecule has 4 aromatic rings. The first kappa shape index (κ1) is 29.5. The van der Waals surface area contributed by atoms with Gasteiger partial charge in [0.15, 0.2) is 0 Å². The molecule has 1 aliphatic rings. The lowest BCUT2D eigenvalue weighted by molar-refractivity contribution is 0.163. The van der Waals surface area contributed by atoms with Gasteiger partial charge in [-0.25, -0.2) is 4.39 Å². The number of halogens is 1. The van der Waals surface area contributed by atoms with Crippen LogP contribution in [0.2, 0.25) is 0 Å². The molecule has 0 radical (unpaired) electrons. The van der Waals surface area contributed by atoms with Crippen LogP contribution >= 0.6 is 31.6 Å². The average molecular weight is 610 g/mol. The maximum atomic E-state index is 13.3. The fourth-order valence-corrected chi connectivity index (χ4v) is 7.53. The fraction of sp³-hybridized carbons (Fsp3) is 0.194. The smallest absolute Gasteiger partial charge is 0.356 e. The molecular formula is C31H29FNO5PS2. The first-order valence-electron chi connectivity index (χ1n) is 13.1. The Hall–Kier alpha value is -3.04. The maximum absolute atomic E-state index is 13.3. The molecule has 1 aliphatic heterocycles. The van der Waals surface area contributed by atoms with E-state index in [2.05, 4.69) is 4.90 Å². The van der Waals surface area contributed by atoms with E-state index in [0.717, 1.165) is 12.1 Å². The molecule has 0 amide bonds. The third-order valence-corrected chi connectivity index (χ3v) is 9.87. The van der Waals surface area contributed by atoms with E-state index >= 15 is 0 Å². The Balaban J connectivity index is 1.40. The molecule has 1 saturated heterocycles. The van der Waals surface area contributed by atoms with Crippen molar-refractivity contribution in [2.24, 2.45) is 0 Å². The van der Waals surface area contributed by atoms with Gasteiger partial charge in [-0.2, -0.15) is 0 Å². The number of aliphatic hydroxyl groups is 1. The topological polar surface area (TPSA) is 101 Å². The molecule has 212 valence electrons. The van der Waals surface area contributed by atoms with Crippen molar-refractivity contribution in [3.63, 3.8) is 0 Å². The molecule has 41 heavy (non-hydrogen) atoms. The number of benzene rings is 4. The van der Waals surface area contributed by atoms with E-state index in [4.69, 9.17) is 12.2 Å². The molecule has 0 bridgehead atoms. The zero-order valence-electron chi connectivity index (χ0n) is 21.9. The highest BCUT2D eigenvalue weighted by Gasteiger charge is 2.41. The standard InChI is InChI=1S/C31H29FNO5PS2/c32-23-14-9-21(10-15-23)27(34)7-4-8-29-30(33(31(40)41-29)24-5-2-1-3-6-24)26-18-13-22(19-28(26)35)20-11-16-25(17-12-20)39(36,37)38/h1-3,5-6,9-19,27,29-30,34-35H,4,7-8H2,(H2,36,37,38). The lowest BCUT2D eigenvalue weighted by atomic mass is 9.94. The van der Waals surface area contributed by atoms with Crippen LogP contribution in [0.25, 0.3) is 11.1 Å². The van der Waals surface area contributed by atoms with E-state index in [-0.39, 0.29) is 28.2 Å². The van der Waals surface area contributed by atoms with Crippen LogP contribution in [0.1, 0.15) is 42.5 Å². The summed E-state index contributed by atoms with van der Waals surface area (Å²) in [5, 5.41) is 21.9. The second kappa shape index (κ2) is 12.4. The lowest BCUT2D eigenvalue weighted by Crippen LogP contribution is -2.29. The van der Waals surface area contributed by atoms with Gasteiger partial charge < -0.3 is 24.9 Å². The van der Waals surface area contributed by atoms with Crippen LogP contribution in [-0.4, -0.2) is 29.6 Å². The molecule has 0 aliphatic carbocycles. The van der Waals surface area contributed by atoms with E-state index < -0.39 is 13.7 Å². The van der Waals surface area contributed by atoms with Gasteiger partial charge in [0.1, 0.15) is 15.9 Å². The summed E-state index contributed by atoms with van der Waals surface area (Å²) in [5.41, 5.74) is 3.72. The largest absolute Gasteiger partial charge is 0.508 e. The monoisotopic (exact) mass is 609 g/mol. The van der Waals surface area contributed by atoms with E-state index in [0.29, 0.717) is 39.4 Å². The summed E-state index contributed by atoms with van der Waals surface area (Å²) < 4.78 is 25.5. The summed E-state index contributed by atoms with van der Waals surface area (Å²) >= 11 is 7.39. The highest BCUT2D eigenvalue weighted by Crippen LogP contribution is 2.49. The number of rotatable bonds is 9. The van der Waals surface area contributed by atoms with Gasteiger partial charge in [-0.1, -0.05) is 78.6 Å². The Morgan fingerprint density at radius 1 is 0.927 bits per heavy atom. The van der Waals surface area contributed by atoms with Gasteiger partial charge in [0.05, 0.1) is 17.5 Å². The summed E-state index contributed by atoms with van der Waals surface area (Å²) in [6.45, 7) is 0. The Labute approximate surface area is 247 Å². The minimum absolute atomic E-state index is 0.00223. The second-order valence-electron chi connectivity index (χ2n) is 9.94. The van der Waals surface area contributed by atoms with Crippen molar-refractivity contribution in [2.45, 2.75) is 36.7 Å². The number of phenols is 1. The van der Waals surface area contributed by atoms with Crippen LogP contribution in [0.3, 0.4) is 0 Å². The molecule has 0 saturated carbocycles. The Bertz CT molecular complexity index is 1560. The third-order valence-electron chi connectivity index (χ3n) is 7.22. The Morgan fingerprint density at radius 3 is 2.22 bits per heavy atom. The molecule has 0 aromatic heterocycles. The second-order valence-corrected chi connectivity index (χ2v) is 13.4. The molecule has 4 N–H and O–H groups in total. The van der Waals surface area contributed by atoms with Crippen molar-refractivity contribution in [2.75, 3.05) is 4.90 Å². The van der Waals surface area contributed by atoms with E-state index in [1.54, 1.807) is 42.1 Å². The average Bonchev–Trinajstić information content (AvgIpc) is 3.28. The SMILES string of the molecule is O=P(O)(O)c1ccc(-c2ccc(C3C(CCCC(O)c4ccc(F)cc4)SC(=S)N3c3ccccc3)c(O)c2)cc1. The van der Waals surface area contributed by atoms with Gasteiger partial charge in [0.2, 0.25) is 0 Å². The molecule has 6 nitrogen and oxygen atoms in total. The van der Waals surface area contributed by atoms with Crippen LogP contribution in [0.15, 0.2) is 97.1 Å². The summed E-state index contributed by atoms with van der Waals surface area (Å²) in [4.78, 5) is 20.9. The van der Waals surface area contributed by atoms with E-state index in [9.17, 15) is 29.0 Å². The Kier molecular flexibility index (Phi) is 8.94. The maximum Gasteiger partial charge on any atom is 0.356 e. The highest BCUT2D eigenvalue weighted by atomic mass is 32.2. The van der Waals surface area contributed by atoms with Crippen LogP contribution in [0, 0.1) is 5.82 Å². The van der Waals surface area contributed by atoms with Crippen molar-refractivity contribution in [1.82, 2.24) is 0 Å². The number of phenolic OH excluding ortho intramolecular Hbond substituents is 1. The number of aliphatic hydroxyl groups excluding tert-OH is 1. The van der Waals surface area contributed by atoms with Crippen molar-refractivity contribution < 1.29 is 29.0 Å². The normalized spacial score (nSPS) is 18.0. The number of nitrogens with zero attached hydrogens (tertiary/aromatic N) is 1. The third kappa shape index (κ3) is 6.72. The molecule has 4 aromatic carbocycles. The number of thioether (sulfide) groups is 1. The number of para-hydroxylation sites is 1. The number of thiocarbonyl (C=S) groups is 1. The first-order valence-corrected chi connectivity index (χ1v) is 16.0. The predicted molar refractivity (Wildman–Crippen MR) is 166 cm³/mol. The minimum atomic E-state index is -4.35. The van der Waals surface area contributed by atoms with Crippen LogP contribution in [0.4, 0.5) is 10.1 Å². The molecule has 1 heterocycles. The number of anilines is 1. The van der Waals surface area contributed by atoms with Crippen LogP contribution in [0.5, 0.6) is 5.75 Å². The molecular weight excluding hydrogens is 580 g/mol. The molecule has 1 fully saturated rings. The van der Waals surface area contributed by atoms with Crippen molar-refractivity contribution >= 4 is 46.9 Å². The van der Waals surface area contributed by atoms with Gasteiger partial charge in [-0.05, 0) is 78.4 Å². The predicted octanol–water partition coefficient (Wildman–Crippen LogP) is 6.85. The van der Waals surface area contributed by atoms with Crippen molar-refractivity contribution in [1.29, 1.82) is 0 Å². The first-order chi connectivity index (χ1) is 19.6. The zero-order valence-corrected chi connectivity index (χ0v) is 24.4. The summed E-state index contributed by atoms with van der Waals surface area (Å²) in [7, 11) is -4.35. The zero-order chi connectivity index (χ0) is 29.1. The lowest BCUT2D eigenvalue weighted by Gasteiger charge is -2.30. The quantitative estimate of drug-likeness (QED) is 0.121. The molecule has 0 spiro atoms. The number of hydrogen-bond donors (Lipinski definition) is 4. The molecule has 5 rings (SSSR count). The summed E-state index contributed by atoms with van der Waals surface area (Å²) in [5.74, 6) is -0.251. The number of hydrogen-bond acceptors (Lipinski definition) is 5. The van der Waals surface area contributed by atoms with Gasteiger partial charge >= 0.3 is 7.60 Å². The van der Waals surface area contributed by atoms with Crippen LogP contribution in [-0.2, 0) is 4.57 Å². The Morgan fingerprint density at radius 2 is 1.59 bits per heavy atom. The highest BCUT2D eigenvalue weighted by molar-refractivity contribution is 8.24. The molecule has 3 unspecified atom stereocenters. The van der Waals surface area contributed by atoms with Gasteiger partial charge in [0, 0.05) is 16.5 Å². The van der Waals surface area contributed by atoms with Crippen LogP contribution < -0.4 is 10.2 Å². The molecule has 3 atom stereocenters.